The van der Waals surface area contributed by atoms with Crippen molar-refractivity contribution in [3.05, 3.63) is 39.4 Å². The lowest BCUT2D eigenvalue weighted by atomic mass is 10.1. The van der Waals surface area contributed by atoms with Crippen molar-refractivity contribution in [3.8, 4) is 0 Å². The number of nitro benzene ring substituents is 1. The van der Waals surface area contributed by atoms with Crippen molar-refractivity contribution in [2.24, 2.45) is 5.73 Å². The molecule has 104 valence electrons. The van der Waals surface area contributed by atoms with Crippen molar-refractivity contribution in [3.63, 3.8) is 0 Å². The summed E-state index contributed by atoms with van der Waals surface area (Å²) in [6.45, 7) is 3.13. The molecule has 0 bridgehead atoms. The molecule has 0 aliphatic rings. The summed E-state index contributed by atoms with van der Waals surface area (Å²) < 4.78 is 0. The molecule has 1 rings (SSSR count). The number of amides is 1. The van der Waals surface area contributed by atoms with Gasteiger partial charge in [0, 0.05) is 29.8 Å². The fourth-order valence-corrected chi connectivity index (χ4v) is 1.54. The molecule has 1 aromatic rings. The highest BCUT2D eigenvalue weighted by molar-refractivity contribution is 5.96. The summed E-state index contributed by atoms with van der Waals surface area (Å²) in [5.74, 6) is -0.447. The van der Waals surface area contributed by atoms with Gasteiger partial charge < -0.3 is 16.2 Å². The Labute approximate surface area is 110 Å². The highest BCUT2D eigenvalue weighted by Crippen LogP contribution is 2.20. The highest BCUT2D eigenvalue weighted by atomic mass is 16.6. The predicted octanol–water partition coefficient (Wildman–Crippen LogP) is 0.341. The van der Waals surface area contributed by atoms with E-state index in [1.54, 1.807) is 0 Å². The molecule has 0 spiro atoms. The van der Waals surface area contributed by atoms with E-state index >= 15 is 0 Å². The van der Waals surface area contributed by atoms with E-state index in [0.717, 1.165) is 0 Å². The van der Waals surface area contributed by atoms with Crippen molar-refractivity contribution < 1.29 is 14.8 Å². The number of nitrogens with one attached hydrogen (secondary N) is 1. The number of aliphatic hydroxyl groups is 1. The van der Waals surface area contributed by atoms with E-state index in [0.29, 0.717) is 5.56 Å². The van der Waals surface area contributed by atoms with Crippen LogP contribution >= 0.6 is 0 Å². The van der Waals surface area contributed by atoms with E-state index in [2.05, 4.69) is 5.32 Å². The largest absolute Gasteiger partial charge is 0.392 e. The Hall–Kier alpha value is -1.99. The molecule has 0 aromatic heterocycles. The highest BCUT2D eigenvalue weighted by Gasteiger charge is 2.18. The SMILES string of the molecule is Cc1c(C(=O)NCC(N)C(C)O)cccc1[N+](=O)[O-]. The van der Waals surface area contributed by atoms with Crippen LogP contribution in [0, 0.1) is 17.0 Å². The normalized spacial score (nSPS) is 13.7. The molecule has 1 amide bonds. The molecule has 0 saturated carbocycles. The van der Waals surface area contributed by atoms with E-state index in [1.807, 2.05) is 0 Å². The number of benzene rings is 1. The second-order valence-corrected chi connectivity index (χ2v) is 4.32. The maximum atomic E-state index is 11.9. The Morgan fingerprint density at radius 2 is 2.21 bits per heavy atom. The van der Waals surface area contributed by atoms with Crippen molar-refractivity contribution in [1.29, 1.82) is 0 Å². The van der Waals surface area contributed by atoms with Gasteiger partial charge in [0.25, 0.3) is 11.6 Å². The van der Waals surface area contributed by atoms with Crippen molar-refractivity contribution in [2.45, 2.75) is 26.0 Å². The van der Waals surface area contributed by atoms with E-state index < -0.39 is 23.0 Å². The van der Waals surface area contributed by atoms with Crippen LogP contribution in [0.25, 0.3) is 0 Å². The van der Waals surface area contributed by atoms with Gasteiger partial charge in [-0.05, 0) is 19.9 Å². The Morgan fingerprint density at radius 1 is 1.58 bits per heavy atom. The number of carbonyl (C=O) groups is 1. The summed E-state index contributed by atoms with van der Waals surface area (Å²) >= 11 is 0. The number of nitrogens with two attached hydrogens (primary N) is 1. The van der Waals surface area contributed by atoms with Gasteiger partial charge in [-0.2, -0.15) is 0 Å². The lowest BCUT2D eigenvalue weighted by molar-refractivity contribution is -0.385. The lowest BCUT2D eigenvalue weighted by Crippen LogP contribution is -2.43. The van der Waals surface area contributed by atoms with Gasteiger partial charge in [-0.3, -0.25) is 14.9 Å². The van der Waals surface area contributed by atoms with Gasteiger partial charge in [-0.25, -0.2) is 0 Å². The zero-order valence-corrected chi connectivity index (χ0v) is 10.8. The third kappa shape index (κ3) is 3.73. The second-order valence-electron chi connectivity index (χ2n) is 4.32. The first-order chi connectivity index (χ1) is 8.84. The minimum Gasteiger partial charge on any atom is -0.392 e. The third-order valence-corrected chi connectivity index (χ3v) is 2.86. The molecule has 19 heavy (non-hydrogen) atoms. The number of nitro groups is 1. The Bertz CT molecular complexity index is 488. The van der Waals surface area contributed by atoms with Crippen molar-refractivity contribution in [1.82, 2.24) is 5.32 Å². The molecule has 0 aliphatic heterocycles. The first-order valence-corrected chi connectivity index (χ1v) is 5.80. The molecule has 7 nitrogen and oxygen atoms in total. The molecule has 0 saturated heterocycles. The maximum Gasteiger partial charge on any atom is 0.273 e. The molecule has 0 aliphatic carbocycles. The minimum atomic E-state index is -0.744. The molecule has 0 fully saturated rings. The first-order valence-electron chi connectivity index (χ1n) is 5.80. The number of nitrogens with zero attached hydrogens (tertiary/aromatic N) is 1. The summed E-state index contributed by atoms with van der Waals surface area (Å²) in [6, 6.07) is 3.72. The molecule has 4 N–H and O–H groups in total. The van der Waals surface area contributed by atoms with Gasteiger partial charge in [0.05, 0.1) is 11.0 Å². The van der Waals surface area contributed by atoms with Crippen LogP contribution < -0.4 is 11.1 Å². The zero-order valence-electron chi connectivity index (χ0n) is 10.8. The van der Waals surface area contributed by atoms with E-state index in [9.17, 15) is 20.0 Å². The van der Waals surface area contributed by atoms with Crippen LogP contribution in [0.5, 0.6) is 0 Å². The summed E-state index contributed by atoms with van der Waals surface area (Å²) in [5.41, 5.74) is 6.01. The van der Waals surface area contributed by atoms with E-state index in [-0.39, 0.29) is 17.8 Å². The zero-order chi connectivity index (χ0) is 14.6. The average molecular weight is 267 g/mol. The number of hydrogen-bond donors (Lipinski definition) is 3. The van der Waals surface area contributed by atoms with Crippen molar-refractivity contribution >= 4 is 11.6 Å². The molecule has 2 atom stereocenters. The Balaban J connectivity index is 2.83. The van der Waals surface area contributed by atoms with E-state index in [4.69, 9.17) is 5.73 Å². The standard InChI is InChI=1S/C12H17N3O4/c1-7-9(4-3-5-11(7)15(18)19)12(17)14-6-10(13)8(2)16/h3-5,8,10,16H,6,13H2,1-2H3,(H,14,17). The van der Waals surface area contributed by atoms with Crippen LogP contribution in [0.4, 0.5) is 5.69 Å². The first kappa shape index (κ1) is 15.1. The lowest BCUT2D eigenvalue weighted by Gasteiger charge is -2.15. The topological polar surface area (TPSA) is 118 Å². The number of hydrogen-bond acceptors (Lipinski definition) is 5. The van der Waals surface area contributed by atoms with Gasteiger partial charge in [-0.1, -0.05) is 6.07 Å². The van der Waals surface area contributed by atoms with Gasteiger partial charge in [0.2, 0.25) is 0 Å². The molecule has 1 aromatic carbocycles. The van der Waals surface area contributed by atoms with Crippen LogP contribution in [0.3, 0.4) is 0 Å². The molecule has 0 heterocycles. The van der Waals surface area contributed by atoms with Crippen LogP contribution in [0.2, 0.25) is 0 Å². The molecule has 7 heteroatoms. The van der Waals surface area contributed by atoms with Gasteiger partial charge in [0.1, 0.15) is 0 Å². The Kier molecular flexibility index (Phi) is 4.96. The monoisotopic (exact) mass is 267 g/mol. The number of aliphatic hydroxyl groups excluding tert-OH is 1. The van der Waals surface area contributed by atoms with Crippen LogP contribution in [0.1, 0.15) is 22.8 Å². The molecular formula is C12H17N3O4. The molecule has 2 unspecified atom stereocenters. The summed E-state index contributed by atoms with van der Waals surface area (Å²) in [5, 5.41) is 22.5. The van der Waals surface area contributed by atoms with E-state index in [1.165, 1.54) is 32.0 Å². The quantitative estimate of drug-likeness (QED) is 0.525. The van der Waals surface area contributed by atoms with Crippen LogP contribution in [-0.4, -0.2) is 34.6 Å². The van der Waals surface area contributed by atoms with Gasteiger partial charge >= 0.3 is 0 Å². The summed E-state index contributed by atoms with van der Waals surface area (Å²) in [7, 11) is 0. The maximum absolute atomic E-state index is 11.9. The minimum absolute atomic E-state index is 0.0959. The fraction of sp³-hybridized carbons (Fsp3) is 0.417. The second kappa shape index (κ2) is 6.26. The smallest absolute Gasteiger partial charge is 0.273 e. The number of rotatable bonds is 5. The third-order valence-electron chi connectivity index (χ3n) is 2.86. The average Bonchev–Trinajstić information content (AvgIpc) is 2.35. The fourth-order valence-electron chi connectivity index (χ4n) is 1.54. The number of carbonyl (C=O) groups excluding carboxylic acids is 1. The molecule has 0 radical (unpaired) electrons. The van der Waals surface area contributed by atoms with Gasteiger partial charge in [0.15, 0.2) is 0 Å². The summed E-state index contributed by atoms with van der Waals surface area (Å²) in [6.07, 6.45) is -0.744. The Morgan fingerprint density at radius 3 is 2.74 bits per heavy atom. The summed E-state index contributed by atoms with van der Waals surface area (Å²) in [4.78, 5) is 22.1. The van der Waals surface area contributed by atoms with Gasteiger partial charge in [-0.15, -0.1) is 0 Å². The van der Waals surface area contributed by atoms with Crippen molar-refractivity contribution in [2.75, 3.05) is 6.54 Å². The molecular weight excluding hydrogens is 250 g/mol. The predicted molar refractivity (Wildman–Crippen MR) is 69.8 cm³/mol. The van der Waals surface area contributed by atoms with Crippen LogP contribution in [0.15, 0.2) is 18.2 Å². The van der Waals surface area contributed by atoms with Crippen LogP contribution in [-0.2, 0) is 0 Å².